The Morgan fingerprint density at radius 1 is 0.466 bits per heavy atom. The summed E-state index contributed by atoms with van der Waals surface area (Å²) >= 11 is 0. The first kappa shape index (κ1) is 67.7. The van der Waals surface area contributed by atoms with Crippen LogP contribution in [0.25, 0.3) is 0 Å². The van der Waals surface area contributed by atoms with E-state index in [9.17, 15) is 34.5 Å². The summed E-state index contributed by atoms with van der Waals surface area (Å²) < 4.78 is 28.4. The van der Waals surface area contributed by atoms with E-state index in [1.807, 2.05) is 0 Å². The van der Waals surface area contributed by atoms with Crippen molar-refractivity contribution in [2.75, 3.05) is 13.2 Å². The highest BCUT2D eigenvalue weighted by atomic mass is 16.7. The Bertz CT molecular complexity index is 1460. The monoisotopic (exact) mass is 1030 g/mol. The lowest BCUT2D eigenvalue weighted by Gasteiger charge is -2.40. The lowest BCUT2D eigenvalue weighted by Crippen LogP contribution is -2.61. The van der Waals surface area contributed by atoms with Gasteiger partial charge in [0, 0.05) is 19.3 Å². The molecule has 0 radical (unpaired) electrons. The molecule has 1 aliphatic heterocycles. The van der Waals surface area contributed by atoms with Crippen LogP contribution in [0.4, 0.5) is 0 Å². The van der Waals surface area contributed by atoms with Gasteiger partial charge in [-0.2, -0.15) is 0 Å². The van der Waals surface area contributed by atoms with E-state index in [1.165, 1.54) is 128 Å². The highest BCUT2D eigenvalue weighted by molar-refractivity contribution is 5.74. The molecule has 6 atom stereocenters. The third kappa shape index (κ3) is 39.7. The Morgan fingerprint density at radius 2 is 0.863 bits per heavy atom. The first-order chi connectivity index (χ1) is 35.6. The van der Waals surface area contributed by atoms with Gasteiger partial charge in [-0.1, -0.05) is 217 Å². The van der Waals surface area contributed by atoms with Gasteiger partial charge in [0.05, 0.1) is 6.61 Å². The fraction of sp³-hybridized carbons (Fsp3) is 0.803. The van der Waals surface area contributed by atoms with Crippen molar-refractivity contribution in [1.29, 1.82) is 0 Å². The van der Waals surface area contributed by atoms with Gasteiger partial charge in [-0.25, -0.2) is 4.79 Å². The van der Waals surface area contributed by atoms with Crippen molar-refractivity contribution < 1.29 is 58.2 Å². The summed E-state index contributed by atoms with van der Waals surface area (Å²) in [4.78, 5) is 51.0. The van der Waals surface area contributed by atoms with Crippen LogP contribution in [0.1, 0.15) is 265 Å². The van der Waals surface area contributed by atoms with E-state index in [0.29, 0.717) is 19.3 Å². The Hall–Kier alpha value is -3.32. The number of esters is 3. The van der Waals surface area contributed by atoms with Crippen molar-refractivity contribution in [3.8, 4) is 0 Å². The molecule has 6 unspecified atom stereocenters. The second kappa shape index (κ2) is 49.6. The number of ether oxygens (including phenoxy) is 5. The highest BCUT2D eigenvalue weighted by Crippen LogP contribution is 2.26. The standard InChI is InChI=1S/C61H106O12/c1-4-7-10-13-16-19-22-24-25-26-27-28-29-31-33-35-38-41-44-47-53(62)69-50-52(71-54(63)48-45-42-39-36-32-21-18-15-12-9-6-3)51-70-61-59(57(66)56(65)58(73-61)60(67)68)72-55(64)49-46-43-40-37-34-30-23-20-17-14-11-8-5-2/h8,11,17,20,24-25,30,34,52,56-59,61,65-66H,4-7,9-10,12-16,18-19,21-23,26-29,31-33,35-51H2,1-3H3,(H,67,68)/b11-8-,20-17-,25-24-,34-30-. The molecule has 1 fully saturated rings. The summed E-state index contributed by atoms with van der Waals surface area (Å²) in [6.07, 6.45) is 46.7. The van der Waals surface area contributed by atoms with Crippen LogP contribution in [-0.2, 0) is 42.9 Å². The first-order valence-corrected chi connectivity index (χ1v) is 29.6. The van der Waals surface area contributed by atoms with E-state index in [4.69, 9.17) is 23.7 Å². The maximum absolute atomic E-state index is 13.1. The number of carboxylic acid groups (broad SMARTS) is 1. The fourth-order valence-electron chi connectivity index (χ4n) is 8.85. The number of hydrogen-bond acceptors (Lipinski definition) is 11. The van der Waals surface area contributed by atoms with Crippen LogP contribution in [0.2, 0.25) is 0 Å². The molecule has 422 valence electrons. The van der Waals surface area contributed by atoms with Gasteiger partial charge in [0.1, 0.15) is 18.8 Å². The average Bonchev–Trinajstić information content (AvgIpc) is 3.37. The molecule has 12 heteroatoms. The molecule has 1 heterocycles. The number of carboxylic acids is 1. The van der Waals surface area contributed by atoms with Crippen LogP contribution in [0.5, 0.6) is 0 Å². The number of carbonyl (C=O) groups is 4. The first-order valence-electron chi connectivity index (χ1n) is 29.6. The normalized spacial score (nSPS) is 18.6. The molecule has 1 rings (SSSR count). The van der Waals surface area contributed by atoms with E-state index in [-0.39, 0.29) is 25.9 Å². The number of aliphatic carboxylic acids is 1. The van der Waals surface area contributed by atoms with Crippen LogP contribution < -0.4 is 0 Å². The highest BCUT2D eigenvalue weighted by Gasteiger charge is 2.50. The smallest absolute Gasteiger partial charge is 0.335 e. The topological polar surface area (TPSA) is 175 Å². The van der Waals surface area contributed by atoms with Crippen LogP contribution >= 0.6 is 0 Å². The lowest BCUT2D eigenvalue weighted by atomic mass is 9.98. The van der Waals surface area contributed by atoms with Crippen molar-refractivity contribution in [2.45, 2.75) is 302 Å². The third-order valence-corrected chi connectivity index (χ3v) is 13.4. The van der Waals surface area contributed by atoms with Crippen LogP contribution in [0.15, 0.2) is 48.6 Å². The van der Waals surface area contributed by atoms with Crippen molar-refractivity contribution in [1.82, 2.24) is 0 Å². The summed E-state index contributed by atoms with van der Waals surface area (Å²) in [5.74, 6) is -3.14. The minimum atomic E-state index is -1.91. The quantitative estimate of drug-likeness (QED) is 0.0228. The van der Waals surface area contributed by atoms with Gasteiger partial charge in [-0.3, -0.25) is 14.4 Å². The molecule has 73 heavy (non-hydrogen) atoms. The number of allylic oxidation sites excluding steroid dienone is 8. The largest absolute Gasteiger partial charge is 0.479 e. The fourth-order valence-corrected chi connectivity index (χ4v) is 8.85. The molecule has 1 aliphatic rings. The molecule has 0 saturated carbocycles. The van der Waals surface area contributed by atoms with Crippen LogP contribution in [0, 0.1) is 0 Å². The zero-order valence-corrected chi connectivity index (χ0v) is 46.4. The Kier molecular flexibility index (Phi) is 45.9. The second-order valence-electron chi connectivity index (χ2n) is 20.3. The number of unbranched alkanes of at least 4 members (excludes halogenated alkanes) is 28. The van der Waals surface area contributed by atoms with Crippen molar-refractivity contribution in [3.05, 3.63) is 48.6 Å². The van der Waals surface area contributed by atoms with E-state index in [0.717, 1.165) is 77.0 Å². The molecule has 3 N–H and O–H groups in total. The molecule has 12 nitrogen and oxygen atoms in total. The molecule has 0 aliphatic carbocycles. The molecule has 0 aromatic carbocycles. The molecule has 0 aromatic heterocycles. The summed E-state index contributed by atoms with van der Waals surface area (Å²) in [5.41, 5.74) is 0. The average molecular weight is 1030 g/mol. The van der Waals surface area contributed by atoms with E-state index >= 15 is 0 Å². The molecular formula is C61H106O12. The maximum Gasteiger partial charge on any atom is 0.335 e. The van der Waals surface area contributed by atoms with Crippen molar-refractivity contribution >= 4 is 23.9 Å². The van der Waals surface area contributed by atoms with Crippen LogP contribution in [0.3, 0.4) is 0 Å². The number of carbonyl (C=O) groups excluding carboxylic acids is 3. The number of aliphatic hydroxyl groups excluding tert-OH is 2. The lowest BCUT2D eigenvalue weighted by molar-refractivity contribution is -0.301. The van der Waals surface area contributed by atoms with E-state index < -0.39 is 67.3 Å². The summed E-state index contributed by atoms with van der Waals surface area (Å²) in [7, 11) is 0. The van der Waals surface area contributed by atoms with Gasteiger partial charge in [-0.05, 0) is 77.0 Å². The molecule has 0 bridgehead atoms. The Morgan fingerprint density at radius 3 is 1.34 bits per heavy atom. The molecule has 0 spiro atoms. The SMILES string of the molecule is CC/C=C\C/C=C\C/C=C\CCCCCC(=O)OC1C(OCC(COC(=O)CCCCCCCCCCC/C=C\CCCCCCCC)OC(=O)CCCCCCCCCCCCC)OC(C(=O)O)C(O)C1O. The van der Waals surface area contributed by atoms with Gasteiger partial charge in [0.15, 0.2) is 24.6 Å². The van der Waals surface area contributed by atoms with Crippen molar-refractivity contribution in [3.63, 3.8) is 0 Å². The minimum Gasteiger partial charge on any atom is -0.479 e. The molecular weight excluding hydrogens is 925 g/mol. The second-order valence-corrected chi connectivity index (χ2v) is 20.3. The van der Waals surface area contributed by atoms with Crippen molar-refractivity contribution in [2.24, 2.45) is 0 Å². The zero-order chi connectivity index (χ0) is 53.3. The molecule has 0 amide bonds. The van der Waals surface area contributed by atoms with Crippen LogP contribution in [-0.4, -0.2) is 89.2 Å². The molecule has 1 saturated heterocycles. The summed E-state index contributed by atoms with van der Waals surface area (Å²) in [6.45, 7) is 5.86. The Balaban J connectivity index is 2.66. The predicted molar refractivity (Wildman–Crippen MR) is 294 cm³/mol. The van der Waals surface area contributed by atoms with Gasteiger partial charge < -0.3 is 39.0 Å². The number of hydrogen-bond donors (Lipinski definition) is 3. The van der Waals surface area contributed by atoms with Gasteiger partial charge in [0.25, 0.3) is 0 Å². The third-order valence-electron chi connectivity index (χ3n) is 13.4. The number of rotatable bonds is 50. The zero-order valence-electron chi connectivity index (χ0n) is 46.4. The summed E-state index contributed by atoms with van der Waals surface area (Å²) in [5, 5.41) is 31.4. The Labute approximate surface area is 443 Å². The van der Waals surface area contributed by atoms with Gasteiger partial charge in [-0.15, -0.1) is 0 Å². The minimum absolute atomic E-state index is 0.0268. The van der Waals surface area contributed by atoms with E-state index in [2.05, 4.69) is 69.4 Å². The molecule has 0 aromatic rings. The number of aliphatic hydroxyl groups is 2. The maximum atomic E-state index is 13.1. The predicted octanol–water partition coefficient (Wildman–Crippen LogP) is 15.0. The summed E-state index contributed by atoms with van der Waals surface area (Å²) in [6, 6.07) is 0. The van der Waals surface area contributed by atoms with E-state index in [1.54, 1.807) is 0 Å². The van der Waals surface area contributed by atoms with Gasteiger partial charge in [0.2, 0.25) is 0 Å². The van der Waals surface area contributed by atoms with Gasteiger partial charge >= 0.3 is 23.9 Å².